The topological polar surface area (TPSA) is 77.5 Å². The first kappa shape index (κ1) is 28.0. The number of ether oxygens (including phenoxy) is 1. The van der Waals surface area contributed by atoms with Gasteiger partial charge in [0.2, 0.25) is 0 Å². The fourth-order valence-electron chi connectivity index (χ4n) is 7.80. The van der Waals surface area contributed by atoms with E-state index in [1.165, 1.54) is 26.0 Å². The fourth-order valence-corrected chi connectivity index (χ4v) is 7.80. The molecule has 0 aromatic rings. The van der Waals surface area contributed by atoms with Crippen molar-refractivity contribution in [1.29, 1.82) is 0 Å². The Bertz CT molecular complexity index is 1080. The summed E-state index contributed by atoms with van der Waals surface area (Å²) in [6.07, 6.45) is 12.2. The maximum absolute atomic E-state index is 13.5. The van der Waals surface area contributed by atoms with Crippen LogP contribution in [0.1, 0.15) is 87.5 Å². The molecule has 3 fully saturated rings. The number of allylic oxidation sites excluding steroid dienone is 8. The van der Waals surface area contributed by atoms with Crippen LogP contribution in [0.15, 0.2) is 47.1 Å². The third-order valence-electron chi connectivity index (χ3n) is 9.48. The van der Waals surface area contributed by atoms with E-state index in [1.54, 1.807) is 13.0 Å². The van der Waals surface area contributed by atoms with Crippen LogP contribution in [0.25, 0.3) is 0 Å². The summed E-state index contributed by atoms with van der Waals surface area (Å²) in [6, 6.07) is 0. The van der Waals surface area contributed by atoms with Gasteiger partial charge in [-0.05, 0) is 87.0 Å². The van der Waals surface area contributed by atoms with Gasteiger partial charge in [0.1, 0.15) is 6.10 Å². The Kier molecular flexibility index (Phi) is 7.83. The molecule has 3 saturated carbocycles. The van der Waals surface area contributed by atoms with Crippen LogP contribution in [0.2, 0.25) is 0 Å². The van der Waals surface area contributed by atoms with Crippen molar-refractivity contribution in [3.8, 4) is 0 Å². The summed E-state index contributed by atoms with van der Waals surface area (Å²) in [5, 5.41) is 0. The lowest BCUT2D eigenvalue weighted by Crippen LogP contribution is -2.58. The molecule has 36 heavy (non-hydrogen) atoms. The number of rotatable bonds is 6. The van der Waals surface area contributed by atoms with Gasteiger partial charge in [-0.3, -0.25) is 19.2 Å². The van der Waals surface area contributed by atoms with E-state index in [-0.39, 0.29) is 51.6 Å². The van der Waals surface area contributed by atoms with Crippen molar-refractivity contribution in [2.45, 2.75) is 93.6 Å². The Morgan fingerprint density at radius 1 is 0.889 bits per heavy atom. The van der Waals surface area contributed by atoms with Gasteiger partial charge in [0, 0.05) is 29.7 Å². The van der Waals surface area contributed by atoms with Crippen molar-refractivity contribution in [3.05, 3.63) is 47.1 Å². The van der Waals surface area contributed by atoms with E-state index in [1.807, 2.05) is 19.1 Å². The van der Waals surface area contributed by atoms with Gasteiger partial charge in [-0.15, -0.1) is 0 Å². The number of carbonyl (C=O) groups excluding carboxylic acids is 4. The summed E-state index contributed by atoms with van der Waals surface area (Å²) in [6.45, 7) is 15.7. The van der Waals surface area contributed by atoms with Gasteiger partial charge in [-0.25, -0.2) is 0 Å². The minimum Gasteiger partial charge on any atom is -0.462 e. The van der Waals surface area contributed by atoms with Crippen molar-refractivity contribution < 1.29 is 23.9 Å². The van der Waals surface area contributed by atoms with Crippen LogP contribution >= 0.6 is 0 Å². The fraction of sp³-hybridized carbons (Fsp3) is 0.613. The summed E-state index contributed by atoms with van der Waals surface area (Å²) in [5.41, 5.74) is 2.08. The monoisotopic (exact) mass is 494 g/mol. The van der Waals surface area contributed by atoms with Crippen molar-refractivity contribution in [3.63, 3.8) is 0 Å². The van der Waals surface area contributed by atoms with E-state index >= 15 is 0 Å². The lowest BCUT2D eigenvalue weighted by atomic mass is 9.43. The third-order valence-corrected chi connectivity index (χ3v) is 9.48. The highest BCUT2D eigenvalue weighted by atomic mass is 16.5. The van der Waals surface area contributed by atoms with Gasteiger partial charge in [0.25, 0.3) is 0 Å². The molecule has 0 radical (unpaired) electrons. The molecule has 0 aromatic carbocycles. The van der Waals surface area contributed by atoms with Crippen LogP contribution in [0.4, 0.5) is 0 Å². The average Bonchev–Trinajstić information content (AvgIpc) is 3.05. The molecular formula is C31H42O5. The minimum absolute atomic E-state index is 0.000506. The molecule has 0 bridgehead atoms. The van der Waals surface area contributed by atoms with Crippen LogP contribution in [0.3, 0.4) is 0 Å². The van der Waals surface area contributed by atoms with Gasteiger partial charge in [-0.2, -0.15) is 0 Å². The lowest BCUT2D eigenvalue weighted by Gasteiger charge is -2.62. The Morgan fingerprint density at radius 2 is 1.56 bits per heavy atom. The molecule has 196 valence electrons. The Labute approximate surface area is 216 Å². The molecule has 0 saturated heterocycles. The van der Waals surface area contributed by atoms with Crippen molar-refractivity contribution >= 4 is 23.3 Å². The van der Waals surface area contributed by atoms with Crippen LogP contribution in [-0.2, 0) is 23.9 Å². The van der Waals surface area contributed by atoms with E-state index in [9.17, 15) is 19.2 Å². The van der Waals surface area contributed by atoms with Crippen molar-refractivity contribution in [2.24, 2.45) is 28.1 Å². The summed E-state index contributed by atoms with van der Waals surface area (Å²) < 4.78 is 5.75. The molecule has 0 amide bonds. The second-order valence-electron chi connectivity index (χ2n) is 12.2. The van der Waals surface area contributed by atoms with Gasteiger partial charge < -0.3 is 4.74 Å². The van der Waals surface area contributed by atoms with Crippen LogP contribution in [0.5, 0.6) is 0 Å². The summed E-state index contributed by atoms with van der Waals surface area (Å²) in [4.78, 5) is 48.4. The predicted molar refractivity (Wildman–Crippen MR) is 141 cm³/mol. The van der Waals surface area contributed by atoms with Crippen LogP contribution < -0.4 is 0 Å². The molecule has 0 aromatic heterocycles. The zero-order chi connectivity index (χ0) is 27.1. The number of Topliss-reactive ketones (excluding diaryl/α,β-unsaturated/α-hetero) is 1. The SMILES string of the molecule is CC(=O)C=CC(=O)C(C)=CC=CC(C)=C1C(=O)CC2C1(C)CCC1C(C)(C)C(OC(C)=O)CCC21C. The summed E-state index contributed by atoms with van der Waals surface area (Å²) in [5.74, 6) is 0.268. The average molecular weight is 495 g/mol. The standard InChI is InChI=1S/C31H42O5/c1-19(23(34)13-12-21(3)32)10-9-11-20(2)28-24(35)18-26-30(7)17-15-27(36-22(4)33)29(5,6)25(30)14-16-31(26,28)8/h9-13,25-27H,14-18H2,1-8H3. The van der Waals surface area contributed by atoms with Crippen molar-refractivity contribution in [1.82, 2.24) is 0 Å². The van der Waals surface area contributed by atoms with E-state index in [0.717, 1.165) is 36.8 Å². The molecule has 5 heteroatoms. The highest BCUT2D eigenvalue weighted by Crippen LogP contribution is 2.69. The number of hydrogen-bond acceptors (Lipinski definition) is 5. The van der Waals surface area contributed by atoms with E-state index in [4.69, 9.17) is 4.74 Å². The zero-order valence-electron chi connectivity index (χ0n) is 23.2. The summed E-state index contributed by atoms with van der Waals surface area (Å²) in [7, 11) is 0. The van der Waals surface area contributed by atoms with Crippen molar-refractivity contribution in [2.75, 3.05) is 0 Å². The third kappa shape index (κ3) is 4.99. The Hall–Kier alpha value is -2.56. The number of fused-ring (bicyclic) bond motifs is 3. The molecule has 5 nitrogen and oxygen atoms in total. The zero-order valence-corrected chi connectivity index (χ0v) is 23.2. The highest BCUT2D eigenvalue weighted by Gasteiger charge is 2.65. The maximum Gasteiger partial charge on any atom is 0.302 e. The first-order valence-corrected chi connectivity index (χ1v) is 13.1. The smallest absolute Gasteiger partial charge is 0.302 e. The molecule has 0 aliphatic heterocycles. The van der Waals surface area contributed by atoms with Gasteiger partial charge in [-0.1, -0.05) is 45.9 Å². The van der Waals surface area contributed by atoms with Gasteiger partial charge >= 0.3 is 5.97 Å². The molecule has 0 heterocycles. The molecule has 3 rings (SSSR count). The molecular weight excluding hydrogens is 452 g/mol. The predicted octanol–water partition coefficient (Wildman–Crippen LogP) is 6.28. The molecule has 0 spiro atoms. The summed E-state index contributed by atoms with van der Waals surface area (Å²) >= 11 is 0. The van der Waals surface area contributed by atoms with Gasteiger partial charge in [0.05, 0.1) is 0 Å². The Balaban J connectivity index is 1.89. The molecule has 5 atom stereocenters. The number of ketones is 3. The second-order valence-corrected chi connectivity index (χ2v) is 12.2. The van der Waals surface area contributed by atoms with E-state index in [2.05, 4.69) is 27.7 Å². The van der Waals surface area contributed by atoms with E-state index < -0.39 is 0 Å². The number of esters is 1. The second kappa shape index (κ2) is 10.1. The maximum atomic E-state index is 13.5. The normalized spacial score (nSPS) is 35.5. The molecule has 3 aliphatic carbocycles. The first-order chi connectivity index (χ1) is 16.6. The van der Waals surface area contributed by atoms with Gasteiger partial charge in [0.15, 0.2) is 17.3 Å². The first-order valence-electron chi connectivity index (χ1n) is 13.1. The highest BCUT2D eigenvalue weighted by molar-refractivity contribution is 6.07. The molecule has 3 aliphatic rings. The number of carbonyl (C=O) groups is 4. The van der Waals surface area contributed by atoms with Crippen LogP contribution in [0, 0.1) is 28.1 Å². The lowest BCUT2D eigenvalue weighted by molar-refractivity contribution is -0.185. The Morgan fingerprint density at radius 3 is 2.17 bits per heavy atom. The number of hydrogen-bond donors (Lipinski definition) is 0. The van der Waals surface area contributed by atoms with Crippen LogP contribution in [-0.4, -0.2) is 29.4 Å². The molecule has 5 unspecified atom stereocenters. The minimum atomic E-state index is -0.220. The molecule has 0 N–H and O–H groups in total. The quantitative estimate of drug-likeness (QED) is 0.247. The largest absolute Gasteiger partial charge is 0.462 e. The van der Waals surface area contributed by atoms with E-state index in [0.29, 0.717) is 17.9 Å².